The monoisotopic (exact) mass is 275 g/mol. The van der Waals surface area contributed by atoms with Gasteiger partial charge in [-0.3, -0.25) is 0 Å². The molecule has 14 heavy (non-hydrogen) atoms. The first-order chi connectivity index (χ1) is 6.30. The third-order valence-electron chi connectivity index (χ3n) is 1.64. The maximum Gasteiger partial charge on any atom is 1.00 e. The number of allylic oxidation sites excluding steroid dienone is 6. The Morgan fingerprint density at radius 2 is 1.64 bits per heavy atom. The van der Waals surface area contributed by atoms with E-state index in [2.05, 4.69) is 0 Å². The van der Waals surface area contributed by atoms with Gasteiger partial charge in [0.05, 0.1) is 5.76 Å². The smallest absolute Gasteiger partial charge is 0.512 e. The maximum absolute atomic E-state index is 8.83. The summed E-state index contributed by atoms with van der Waals surface area (Å²) in [6, 6.07) is 10.0. The molecule has 0 fully saturated rings. The summed E-state index contributed by atoms with van der Waals surface area (Å²) < 4.78 is 0. The van der Waals surface area contributed by atoms with Gasteiger partial charge in [0.1, 0.15) is 0 Å². The van der Waals surface area contributed by atoms with Crippen molar-refractivity contribution in [3.63, 3.8) is 0 Å². The summed E-state index contributed by atoms with van der Waals surface area (Å²) in [4.78, 5) is 0. The van der Waals surface area contributed by atoms with Crippen LogP contribution in [0.2, 0.25) is 0 Å². The van der Waals surface area contributed by atoms with Gasteiger partial charge in [0, 0.05) is 5.57 Å². The van der Waals surface area contributed by atoms with E-state index in [1.54, 1.807) is 6.92 Å². The molecule has 1 nitrogen and oxygen atoms in total. The van der Waals surface area contributed by atoms with Gasteiger partial charge in [-0.2, -0.15) is 18.2 Å². The predicted octanol–water partition coefficient (Wildman–Crippen LogP) is 3.35. The SMILES string of the molecule is CC(O)=C1C=CC=C1.[Ru+].c1cc[cH-]c1. The topological polar surface area (TPSA) is 20.2 Å². The van der Waals surface area contributed by atoms with Crippen LogP contribution < -0.4 is 0 Å². The van der Waals surface area contributed by atoms with E-state index in [0.29, 0.717) is 5.76 Å². The number of aliphatic hydroxyl groups is 1. The minimum atomic E-state index is 0. The summed E-state index contributed by atoms with van der Waals surface area (Å²) in [6.07, 6.45) is 7.54. The molecule has 1 radical (unpaired) electrons. The summed E-state index contributed by atoms with van der Waals surface area (Å²) in [5, 5.41) is 8.83. The fourth-order valence-corrected chi connectivity index (χ4v) is 0.936. The van der Waals surface area contributed by atoms with E-state index >= 15 is 0 Å². The largest absolute Gasteiger partial charge is 1.00 e. The third kappa shape index (κ3) is 4.88. The summed E-state index contributed by atoms with van der Waals surface area (Å²) in [5.74, 6) is 0.384. The van der Waals surface area contributed by atoms with E-state index < -0.39 is 0 Å². The zero-order valence-electron chi connectivity index (χ0n) is 8.00. The number of hydrogen-bond donors (Lipinski definition) is 1. The van der Waals surface area contributed by atoms with Crippen LogP contribution in [0.1, 0.15) is 6.92 Å². The van der Waals surface area contributed by atoms with E-state index in [1.165, 1.54) is 0 Å². The van der Waals surface area contributed by atoms with Gasteiger partial charge < -0.3 is 5.11 Å². The third-order valence-corrected chi connectivity index (χ3v) is 1.64. The van der Waals surface area contributed by atoms with Crippen molar-refractivity contribution < 1.29 is 24.6 Å². The van der Waals surface area contributed by atoms with Gasteiger partial charge in [0.2, 0.25) is 0 Å². The molecule has 0 atom stereocenters. The first-order valence-corrected chi connectivity index (χ1v) is 4.22. The second-order valence-electron chi connectivity index (χ2n) is 2.72. The Kier molecular flexibility index (Phi) is 6.87. The first kappa shape index (κ1) is 13.0. The average molecular weight is 274 g/mol. The fourth-order valence-electron chi connectivity index (χ4n) is 0.936. The minimum absolute atomic E-state index is 0. The van der Waals surface area contributed by atoms with Crippen molar-refractivity contribution in [2.24, 2.45) is 0 Å². The maximum atomic E-state index is 8.83. The second kappa shape index (κ2) is 7.40. The predicted molar refractivity (Wildman–Crippen MR) is 55.6 cm³/mol. The summed E-state index contributed by atoms with van der Waals surface area (Å²) in [6.45, 7) is 1.68. The van der Waals surface area contributed by atoms with Crippen LogP contribution >= 0.6 is 0 Å². The van der Waals surface area contributed by atoms with Gasteiger partial charge >= 0.3 is 19.5 Å². The molecule has 0 heterocycles. The number of aliphatic hydroxyl groups excluding tert-OH is 1. The minimum Gasteiger partial charge on any atom is -0.512 e. The molecule has 0 saturated heterocycles. The Morgan fingerprint density at radius 1 is 1.14 bits per heavy atom. The summed E-state index contributed by atoms with van der Waals surface area (Å²) in [7, 11) is 0. The standard InChI is InChI=1S/C7H8O.C5H5.Ru/c1-6(8)7-4-2-3-5-7;1-2-4-5-3-1;/h2-5,8H,1H3;1-5H;/q;-1;+1. The summed E-state index contributed by atoms with van der Waals surface area (Å²) >= 11 is 0. The molecule has 0 aliphatic heterocycles. The molecule has 0 aromatic heterocycles. The average Bonchev–Trinajstić information content (AvgIpc) is 2.82. The Balaban J connectivity index is 0.000000246. The van der Waals surface area contributed by atoms with Crippen molar-refractivity contribution in [2.45, 2.75) is 6.92 Å². The van der Waals surface area contributed by atoms with Crippen molar-refractivity contribution in [3.8, 4) is 0 Å². The molecule has 0 unspecified atom stereocenters. The van der Waals surface area contributed by atoms with Crippen LogP contribution in [-0.2, 0) is 19.5 Å². The molecule has 0 bridgehead atoms. The van der Waals surface area contributed by atoms with E-state index in [-0.39, 0.29) is 19.5 Å². The van der Waals surface area contributed by atoms with Gasteiger partial charge in [0.25, 0.3) is 0 Å². The van der Waals surface area contributed by atoms with Crippen LogP contribution in [0.3, 0.4) is 0 Å². The Labute approximate surface area is 97.6 Å². The summed E-state index contributed by atoms with van der Waals surface area (Å²) in [5.41, 5.74) is 0.907. The second-order valence-corrected chi connectivity index (χ2v) is 2.72. The molecule has 1 aromatic rings. The van der Waals surface area contributed by atoms with E-state index in [0.717, 1.165) is 5.57 Å². The molecule has 0 spiro atoms. The Bertz CT molecular complexity index is 283. The van der Waals surface area contributed by atoms with Gasteiger partial charge in [0.15, 0.2) is 0 Å². The van der Waals surface area contributed by atoms with Crippen LogP contribution in [0.15, 0.2) is 66.0 Å². The van der Waals surface area contributed by atoms with E-state index in [4.69, 9.17) is 5.11 Å². The molecule has 2 rings (SSSR count). The van der Waals surface area contributed by atoms with Crippen LogP contribution in [-0.4, -0.2) is 5.11 Å². The Morgan fingerprint density at radius 3 is 1.86 bits per heavy atom. The van der Waals surface area contributed by atoms with Gasteiger partial charge in [-0.15, -0.1) is 0 Å². The number of hydrogen-bond acceptors (Lipinski definition) is 1. The van der Waals surface area contributed by atoms with Crippen LogP contribution in [0.25, 0.3) is 0 Å². The normalized spacial score (nSPS) is 11.6. The van der Waals surface area contributed by atoms with E-state index in [1.807, 2.05) is 54.6 Å². The quantitative estimate of drug-likeness (QED) is 0.437. The first-order valence-electron chi connectivity index (χ1n) is 4.22. The zero-order valence-corrected chi connectivity index (χ0v) is 9.74. The van der Waals surface area contributed by atoms with Gasteiger partial charge in [-0.25, -0.2) is 12.1 Å². The van der Waals surface area contributed by atoms with Crippen molar-refractivity contribution in [3.05, 3.63) is 66.0 Å². The number of rotatable bonds is 0. The Hall–Kier alpha value is -1.01. The molecule has 1 aliphatic carbocycles. The molecule has 0 amide bonds. The molecule has 0 saturated carbocycles. The van der Waals surface area contributed by atoms with Crippen molar-refractivity contribution in [2.75, 3.05) is 0 Å². The zero-order chi connectivity index (χ0) is 9.52. The van der Waals surface area contributed by atoms with E-state index in [9.17, 15) is 0 Å². The molecule has 1 N–H and O–H groups in total. The van der Waals surface area contributed by atoms with Crippen molar-refractivity contribution in [1.29, 1.82) is 0 Å². The van der Waals surface area contributed by atoms with Crippen LogP contribution in [0, 0.1) is 0 Å². The molecule has 75 valence electrons. The molecule has 1 aliphatic rings. The molecule has 2 heteroatoms. The van der Waals surface area contributed by atoms with Crippen LogP contribution in [0.5, 0.6) is 0 Å². The van der Waals surface area contributed by atoms with Gasteiger partial charge in [-0.1, -0.05) is 24.3 Å². The van der Waals surface area contributed by atoms with Gasteiger partial charge in [-0.05, 0) is 6.92 Å². The molecular formula is C12H13ORu. The van der Waals surface area contributed by atoms with Crippen LogP contribution in [0.4, 0.5) is 0 Å². The fraction of sp³-hybridized carbons (Fsp3) is 0.0833. The van der Waals surface area contributed by atoms with Crippen molar-refractivity contribution >= 4 is 0 Å². The molecular weight excluding hydrogens is 261 g/mol. The molecule has 1 aromatic carbocycles. The van der Waals surface area contributed by atoms with Crippen molar-refractivity contribution in [1.82, 2.24) is 0 Å².